The molecule has 0 unspecified atom stereocenters. The summed E-state index contributed by atoms with van der Waals surface area (Å²) in [5, 5.41) is 3.00. The van der Waals surface area contributed by atoms with Gasteiger partial charge in [0.1, 0.15) is 12.4 Å². The lowest BCUT2D eigenvalue weighted by molar-refractivity contribution is -0.125. The van der Waals surface area contributed by atoms with Crippen LogP contribution in [0.4, 0.5) is 0 Å². The number of hydrogen-bond acceptors (Lipinski definition) is 4. The third-order valence-corrected chi connectivity index (χ3v) is 5.74. The minimum absolute atomic E-state index is 0.00700. The van der Waals surface area contributed by atoms with E-state index in [1.165, 1.54) is 11.8 Å². The van der Waals surface area contributed by atoms with E-state index in [1.54, 1.807) is 25.1 Å². The molecule has 3 rings (SSSR count). The quantitative estimate of drug-likeness (QED) is 0.508. The fourth-order valence-corrected chi connectivity index (χ4v) is 3.90. The molecule has 0 bridgehead atoms. The van der Waals surface area contributed by atoms with Crippen molar-refractivity contribution >= 4 is 23.6 Å². The van der Waals surface area contributed by atoms with E-state index in [1.807, 2.05) is 72.8 Å². The molecule has 3 aromatic carbocycles. The summed E-state index contributed by atoms with van der Waals surface area (Å²) in [7, 11) is 3.45. The lowest BCUT2D eigenvalue weighted by Gasteiger charge is -2.14. The molecule has 160 valence electrons. The van der Waals surface area contributed by atoms with Gasteiger partial charge < -0.3 is 15.0 Å². The SMILES string of the molecule is CN(C)C(=O)CSc1ccccc1C(=O)NCc1ccccc1COc1ccccc1. The number of nitrogens with one attached hydrogen (secondary N) is 1. The largest absolute Gasteiger partial charge is 0.489 e. The molecular weight excluding hydrogens is 408 g/mol. The van der Waals surface area contributed by atoms with Crippen molar-refractivity contribution in [3.05, 3.63) is 95.6 Å². The molecular formula is C25H26N2O3S. The van der Waals surface area contributed by atoms with Crippen LogP contribution in [0.2, 0.25) is 0 Å². The molecule has 0 spiro atoms. The maximum Gasteiger partial charge on any atom is 0.252 e. The molecule has 0 heterocycles. The number of ether oxygens (including phenoxy) is 1. The average molecular weight is 435 g/mol. The van der Waals surface area contributed by atoms with E-state index >= 15 is 0 Å². The summed E-state index contributed by atoms with van der Waals surface area (Å²) in [6.07, 6.45) is 0. The third kappa shape index (κ3) is 6.62. The summed E-state index contributed by atoms with van der Waals surface area (Å²) in [6.45, 7) is 0.817. The second-order valence-corrected chi connectivity index (χ2v) is 8.14. The van der Waals surface area contributed by atoms with Crippen LogP contribution in [0.3, 0.4) is 0 Å². The van der Waals surface area contributed by atoms with E-state index in [-0.39, 0.29) is 17.6 Å². The van der Waals surface area contributed by atoms with Gasteiger partial charge >= 0.3 is 0 Å². The summed E-state index contributed by atoms with van der Waals surface area (Å²) >= 11 is 1.37. The third-order valence-electron chi connectivity index (χ3n) is 4.68. The van der Waals surface area contributed by atoms with Crippen molar-refractivity contribution in [3.8, 4) is 5.75 Å². The number of amides is 2. The first-order valence-electron chi connectivity index (χ1n) is 9.99. The van der Waals surface area contributed by atoms with Gasteiger partial charge in [0.05, 0.1) is 11.3 Å². The number of nitrogens with zero attached hydrogens (tertiary/aromatic N) is 1. The van der Waals surface area contributed by atoms with Crippen molar-refractivity contribution < 1.29 is 14.3 Å². The van der Waals surface area contributed by atoms with Crippen LogP contribution in [0.5, 0.6) is 5.75 Å². The maximum absolute atomic E-state index is 12.9. The number of rotatable bonds is 9. The fourth-order valence-electron chi connectivity index (χ4n) is 2.87. The summed E-state index contributed by atoms with van der Waals surface area (Å²) in [4.78, 5) is 27.1. The van der Waals surface area contributed by atoms with Gasteiger partial charge in [0.2, 0.25) is 5.91 Å². The van der Waals surface area contributed by atoms with Crippen LogP contribution in [0.15, 0.2) is 83.8 Å². The van der Waals surface area contributed by atoms with Gasteiger partial charge in [0.25, 0.3) is 5.91 Å². The van der Waals surface area contributed by atoms with E-state index < -0.39 is 0 Å². The highest BCUT2D eigenvalue weighted by atomic mass is 32.2. The van der Waals surface area contributed by atoms with Gasteiger partial charge in [0.15, 0.2) is 0 Å². The first-order valence-corrected chi connectivity index (χ1v) is 11.0. The molecule has 0 atom stereocenters. The second kappa shape index (κ2) is 11.2. The summed E-state index contributed by atoms with van der Waals surface area (Å²) in [6, 6.07) is 24.9. The lowest BCUT2D eigenvalue weighted by atomic mass is 10.1. The zero-order valence-electron chi connectivity index (χ0n) is 17.7. The van der Waals surface area contributed by atoms with Gasteiger partial charge in [-0.25, -0.2) is 0 Å². The Bertz CT molecular complexity index is 1020. The number of benzene rings is 3. The van der Waals surface area contributed by atoms with E-state index in [4.69, 9.17) is 4.74 Å². The van der Waals surface area contributed by atoms with Gasteiger partial charge in [-0.2, -0.15) is 0 Å². The van der Waals surface area contributed by atoms with Gasteiger partial charge in [0, 0.05) is 25.5 Å². The number of para-hydroxylation sites is 1. The van der Waals surface area contributed by atoms with Crippen molar-refractivity contribution in [1.82, 2.24) is 10.2 Å². The van der Waals surface area contributed by atoms with Crippen LogP contribution in [0, 0.1) is 0 Å². The summed E-state index contributed by atoms with van der Waals surface area (Å²) in [5.41, 5.74) is 2.59. The zero-order valence-corrected chi connectivity index (χ0v) is 18.5. The zero-order chi connectivity index (χ0) is 22.1. The normalized spacial score (nSPS) is 10.4. The first kappa shape index (κ1) is 22.4. The Hall–Kier alpha value is -3.25. The van der Waals surface area contributed by atoms with Crippen molar-refractivity contribution in [2.75, 3.05) is 19.8 Å². The second-order valence-electron chi connectivity index (χ2n) is 7.13. The highest BCUT2D eigenvalue weighted by Crippen LogP contribution is 2.23. The average Bonchev–Trinajstić information content (AvgIpc) is 2.81. The molecule has 6 heteroatoms. The topological polar surface area (TPSA) is 58.6 Å². The Morgan fingerprint density at radius 3 is 2.26 bits per heavy atom. The smallest absolute Gasteiger partial charge is 0.252 e. The molecule has 0 saturated heterocycles. The number of carbonyl (C=O) groups is 2. The van der Waals surface area contributed by atoms with Crippen LogP contribution in [-0.4, -0.2) is 36.6 Å². The minimum atomic E-state index is -0.167. The fraction of sp³-hybridized carbons (Fsp3) is 0.200. The molecule has 0 radical (unpaired) electrons. The van der Waals surface area contributed by atoms with Gasteiger partial charge in [-0.15, -0.1) is 11.8 Å². The van der Waals surface area contributed by atoms with Crippen LogP contribution in [0.25, 0.3) is 0 Å². The summed E-state index contributed by atoms with van der Waals surface area (Å²) in [5.74, 6) is 0.933. The van der Waals surface area contributed by atoms with Gasteiger partial charge in [-0.3, -0.25) is 9.59 Å². The van der Waals surface area contributed by atoms with Crippen molar-refractivity contribution in [2.45, 2.75) is 18.0 Å². The Labute approximate surface area is 187 Å². The monoisotopic (exact) mass is 434 g/mol. The predicted octanol–water partition coefficient (Wildman–Crippen LogP) is 4.38. The van der Waals surface area contributed by atoms with Crippen LogP contribution in [0.1, 0.15) is 21.5 Å². The van der Waals surface area contributed by atoms with E-state index in [0.717, 1.165) is 21.8 Å². The number of thioether (sulfide) groups is 1. The Kier molecular flexibility index (Phi) is 8.12. The van der Waals surface area contributed by atoms with Crippen molar-refractivity contribution in [1.29, 1.82) is 0 Å². The Balaban J connectivity index is 1.63. The molecule has 2 amide bonds. The maximum atomic E-state index is 12.9. The highest BCUT2D eigenvalue weighted by Gasteiger charge is 2.14. The molecule has 3 aromatic rings. The Morgan fingerprint density at radius 1 is 0.871 bits per heavy atom. The minimum Gasteiger partial charge on any atom is -0.489 e. The Morgan fingerprint density at radius 2 is 1.52 bits per heavy atom. The van der Waals surface area contributed by atoms with E-state index in [9.17, 15) is 9.59 Å². The van der Waals surface area contributed by atoms with Crippen molar-refractivity contribution in [2.24, 2.45) is 0 Å². The summed E-state index contributed by atoms with van der Waals surface area (Å²) < 4.78 is 5.86. The molecule has 0 aliphatic carbocycles. The van der Waals surface area contributed by atoms with E-state index in [2.05, 4.69) is 5.32 Å². The molecule has 0 aliphatic heterocycles. The molecule has 31 heavy (non-hydrogen) atoms. The van der Waals surface area contributed by atoms with Crippen LogP contribution in [-0.2, 0) is 17.9 Å². The van der Waals surface area contributed by atoms with Gasteiger partial charge in [-0.05, 0) is 35.4 Å². The van der Waals surface area contributed by atoms with Crippen LogP contribution >= 0.6 is 11.8 Å². The standard InChI is InChI=1S/C25H26N2O3S/c1-27(2)24(28)18-31-23-15-9-8-14-22(23)25(29)26-16-19-10-6-7-11-20(19)17-30-21-12-4-3-5-13-21/h3-15H,16-18H2,1-2H3,(H,26,29). The molecule has 5 nitrogen and oxygen atoms in total. The lowest BCUT2D eigenvalue weighted by Crippen LogP contribution is -2.25. The molecule has 0 saturated carbocycles. The number of carbonyl (C=O) groups excluding carboxylic acids is 2. The van der Waals surface area contributed by atoms with Gasteiger partial charge in [-0.1, -0.05) is 54.6 Å². The molecule has 0 fully saturated rings. The molecule has 0 aliphatic rings. The highest BCUT2D eigenvalue weighted by molar-refractivity contribution is 8.00. The molecule has 1 N–H and O–H groups in total. The first-order chi connectivity index (χ1) is 15.0. The van der Waals surface area contributed by atoms with E-state index in [0.29, 0.717) is 18.7 Å². The predicted molar refractivity (Wildman–Crippen MR) is 124 cm³/mol. The number of hydrogen-bond donors (Lipinski definition) is 1. The van der Waals surface area contributed by atoms with Crippen LogP contribution < -0.4 is 10.1 Å². The molecule has 0 aromatic heterocycles. The van der Waals surface area contributed by atoms with Crippen molar-refractivity contribution in [3.63, 3.8) is 0 Å².